The number of rotatable bonds is 1. The standard InChI is InChI=1S/C18H26ClN/c1-11-8-12(2)18-16(9-11)20-10-13(3)17(18)14-6-4-5-7-15(14)19/h4-7,11-13,16-18,20H,8-10H2,1-3H3. The molecule has 1 aromatic rings. The Balaban J connectivity index is 1.97. The fourth-order valence-corrected chi connectivity index (χ4v) is 5.06. The van der Waals surface area contributed by atoms with Gasteiger partial charge in [0.25, 0.3) is 0 Å². The summed E-state index contributed by atoms with van der Waals surface area (Å²) < 4.78 is 0. The van der Waals surface area contributed by atoms with Crippen molar-refractivity contribution in [2.75, 3.05) is 6.54 Å². The van der Waals surface area contributed by atoms with Crippen LogP contribution in [0, 0.1) is 23.7 Å². The van der Waals surface area contributed by atoms with Crippen molar-refractivity contribution in [2.24, 2.45) is 23.7 Å². The van der Waals surface area contributed by atoms with E-state index in [0.717, 1.165) is 29.3 Å². The van der Waals surface area contributed by atoms with Gasteiger partial charge in [-0.3, -0.25) is 0 Å². The van der Waals surface area contributed by atoms with Crippen LogP contribution in [0.1, 0.15) is 45.1 Å². The number of benzene rings is 1. The first kappa shape index (κ1) is 14.4. The summed E-state index contributed by atoms with van der Waals surface area (Å²) >= 11 is 6.51. The van der Waals surface area contributed by atoms with Gasteiger partial charge in [0.2, 0.25) is 0 Å². The molecule has 3 rings (SSSR count). The molecule has 0 amide bonds. The molecule has 1 aliphatic carbocycles. The zero-order chi connectivity index (χ0) is 14.3. The largest absolute Gasteiger partial charge is 0.313 e. The molecular formula is C18H26ClN. The van der Waals surface area contributed by atoms with Gasteiger partial charge >= 0.3 is 0 Å². The SMILES string of the molecule is CC1CC(C)C2C(C1)NCC(C)C2c1ccccc1Cl. The highest BCUT2D eigenvalue weighted by molar-refractivity contribution is 6.31. The van der Waals surface area contributed by atoms with E-state index >= 15 is 0 Å². The predicted octanol–water partition coefficient (Wildman–Crippen LogP) is 4.71. The van der Waals surface area contributed by atoms with Crippen LogP contribution in [0.2, 0.25) is 5.02 Å². The summed E-state index contributed by atoms with van der Waals surface area (Å²) in [5.41, 5.74) is 1.37. The lowest BCUT2D eigenvalue weighted by molar-refractivity contribution is 0.0703. The van der Waals surface area contributed by atoms with E-state index in [2.05, 4.69) is 44.3 Å². The minimum absolute atomic E-state index is 0.609. The second kappa shape index (κ2) is 5.69. The highest BCUT2D eigenvalue weighted by Crippen LogP contribution is 2.48. The molecule has 2 aliphatic rings. The Morgan fingerprint density at radius 1 is 1.05 bits per heavy atom. The monoisotopic (exact) mass is 291 g/mol. The van der Waals surface area contributed by atoms with Crippen molar-refractivity contribution in [1.29, 1.82) is 0 Å². The molecule has 1 aliphatic heterocycles. The Labute approximate surface area is 128 Å². The van der Waals surface area contributed by atoms with Gasteiger partial charge in [-0.25, -0.2) is 0 Å². The number of fused-ring (bicyclic) bond motifs is 1. The van der Waals surface area contributed by atoms with E-state index in [4.69, 9.17) is 11.6 Å². The molecule has 1 nitrogen and oxygen atoms in total. The smallest absolute Gasteiger partial charge is 0.0441 e. The molecule has 2 heteroatoms. The van der Waals surface area contributed by atoms with E-state index in [-0.39, 0.29) is 0 Å². The third-order valence-corrected chi connectivity index (χ3v) is 5.89. The molecule has 0 bridgehead atoms. The van der Waals surface area contributed by atoms with E-state index < -0.39 is 0 Å². The van der Waals surface area contributed by atoms with Crippen LogP contribution in [-0.2, 0) is 0 Å². The maximum atomic E-state index is 6.51. The van der Waals surface area contributed by atoms with E-state index in [1.807, 2.05) is 6.07 Å². The fourth-order valence-electron chi connectivity index (χ4n) is 4.80. The third-order valence-electron chi connectivity index (χ3n) is 5.55. The van der Waals surface area contributed by atoms with Crippen LogP contribution in [0.15, 0.2) is 24.3 Å². The maximum absolute atomic E-state index is 6.51. The second-order valence-electron chi connectivity index (χ2n) is 7.17. The van der Waals surface area contributed by atoms with Crippen molar-refractivity contribution in [3.8, 4) is 0 Å². The number of hydrogen-bond acceptors (Lipinski definition) is 1. The van der Waals surface area contributed by atoms with Crippen molar-refractivity contribution in [1.82, 2.24) is 5.32 Å². The van der Waals surface area contributed by atoms with Gasteiger partial charge in [0.1, 0.15) is 0 Å². The maximum Gasteiger partial charge on any atom is 0.0441 e. The van der Waals surface area contributed by atoms with E-state index in [1.165, 1.54) is 18.4 Å². The van der Waals surface area contributed by atoms with Crippen molar-refractivity contribution >= 4 is 11.6 Å². The normalized spacial score (nSPS) is 41.2. The lowest BCUT2D eigenvalue weighted by Crippen LogP contribution is -2.54. The Hall–Kier alpha value is -0.530. The van der Waals surface area contributed by atoms with Gasteiger partial charge in [0.05, 0.1) is 0 Å². The second-order valence-corrected chi connectivity index (χ2v) is 7.58. The Bertz CT molecular complexity index is 472. The van der Waals surface area contributed by atoms with Gasteiger partial charge in [0.15, 0.2) is 0 Å². The lowest BCUT2D eigenvalue weighted by Gasteiger charge is -2.50. The molecule has 0 radical (unpaired) electrons. The Kier molecular flexibility index (Phi) is 4.10. The molecule has 6 atom stereocenters. The van der Waals surface area contributed by atoms with Crippen LogP contribution in [0.3, 0.4) is 0 Å². The number of piperidine rings is 1. The Morgan fingerprint density at radius 2 is 1.80 bits per heavy atom. The van der Waals surface area contributed by atoms with Crippen molar-refractivity contribution in [2.45, 2.75) is 45.6 Å². The Morgan fingerprint density at radius 3 is 2.55 bits per heavy atom. The fraction of sp³-hybridized carbons (Fsp3) is 0.667. The molecule has 6 unspecified atom stereocenters. The third kappa shape index (κ3) is 2.51. The average Bonchev–Trinajstić information content (AvgIpc) is 2.40. The van der Waals surface area contributed by atoms with Crippen LogP contribution in [0.4, 0.5) is 0 Å². The summed E-state index contributed by atoms with van der Waals surface area (Å²) in [6, 6.07) is 9.15. The molecular weight excluding hydrogens is 266 g/mol. The molecule has 20 heavy (non-hydrogen) atoms. The van der Waals surface area contributed by atoms with Crippen LogP contribution in [0.5, 0.6) is 0 Å². The number of nitrogens with one attached hydrogen (secondary N) is 1. The number of hydrogen-bond donors (Lipinski definition) is 1. The summed E-state index contributed by atoms with van der Waals surface area (Å²) in [5, 5.41) is 4.76. The molecule has 110 valence electrons. The van der Waals surface area contributed by atoms with Crippen molar-refractivity contribution in [3.05, 3.63) is 34.9 Å². The quantitative estimate of drug-likeness (QED) is 0.790. The summed E-state index contributed by atoms with van der Waals surface area (Å²) in [5.74, 6) is 3.62. The van der Waals surface area contributed by atoms with Crippen LogP contribution >= 0.6 is 11.6 Å². The highest BCUT2D eigenvalue weighted by Gasteiger charge is 2.44. The van der Waals surface area contributed by atoms with Gasteiger partial charge in [-0.1, -0.05) is 50.6 Å². The molecule has 1 saturated heterocycles. The average molecular weight is 292 g/mol. The van der Waals surface area contributed by atoms with Crippen LogP contribution < -0.4 is 5.32 Å². The minimum Gasteiger partial charge on any atom is -0.313 e. The zero-order valence-electron chi connectivity index (χ0n) is 12.8. The zero-order valence-corrected chi connectivity index (χ0v) is 13.5. The molecule has 0 spiro atoms. The van der Waals surface area contributed by atoms with Crippen LogP contribution in [0.25, 0.3) is 0 Å². The predicted molar refractivity (Wildman–Crippen MR) is 86.2 cm³/mol. The van der Waals surface area contributed by atoms with E-state index in [1.54, 1.807) is 0 Å². The van der Waals surface area contributed by atoms with Gasteiger partial charge in [-0.2, -0.15) is 0 Å². The number of halogens is 1. The molecule has 0 aromatic heterocycles. The highest BCUT2D eigenvalue weighted by atomic mass is 35.5. The first-order valence-electron chi connectivity index (χ1n) is 8.05. The lowest BCUT2D eigenvalue weighted by atomic mass is 9.61. The van der Waals surface area contributed by atoms with Gasteiger partial charge < -0.3 is 5.32 Å². The van der Waals surface area contributed by atoms with Gasteiger partial charge in [0, 0.05) is 11.1 Å². The molecule has 1 N–H and O–H groups in total. The van der Waals surface area contributed by atoms with E-state index in [9.17, 15) is 0 Å². The summed E-state index contributed by atoms with van der Waals surface area (Å²) in [6.45, 7) is 8.34. The first-order valence-corrected chi connectivity index (χ1v) is 8.43. The topological polar surface area (TPSA) is 12.0 Å². The van der Waals surface area contributed by atoms with Crippen LogP contribution in [-0.4, -0.2) is 12.6 Å². The van der Waals surface area contributed by atoms with E-state index in [0.29, 0.717) is 17.9 Å². The molecule has 1 aromatic carbocycles. The van der Waals surface area contributed by atoms with Crippen molar-refractivity contribution in [3.63, 3.8) is 0 Å². The molecule has 2 fully saturated rings. The minimum atomic E-state index is 0.609. The summed E-state index contributed by atoms with van der Waals surface area (Å²) in [4.78, 5) is 0. The molecule has 1 heterocycles. The molecule has 1 saturated carbocycles. The van der Waals surface area contributed by atoms with Crippen molar-refractivity contribution < 1.29 is 0 Å². The first-order chi connectivity index (χ1) is 9.58. The summed E-state index contributed by atoms with van der Waals surface area (Å²) in [6.07, 6.45) is 2.68. The van der Waals surface area contributed by atoms with Gasteiger partial charge in [-0.05, 0) is 60.6 Å². The summed E-state index contributed by atoms with van der Waals surface area (Å²) in [7, 11) is 0. The van der Waals surface area contributed by atoms with Gasteiger partial charge in [-0.15, -0.1) is 0 Å².